The summed E-state index contributed by atoms with van der Waals surface area (Å²) in [5.41, 5.74) is 8.80. The molecule has 6 aromatic rings. The van der Waals surface area contributed by atoms with E-state index in [0.29, 0.717) is 18.1 Å². The van der Waals surface area contributed by atoms with Gasteiger partial charge in [0, 0.05) is 66.0 Å². The van der Waals surface area contributed by atoms with Crippen LogP contribution in [0.2, 0.25) is 0 Å². The van der Waals surface area contributed by atoms with E-state index < -0.39 is 0 Å². The number of nitrogens with one attached hydrogen (secondary N) is 1. The van der Waals surface area contributed by atoms with Crippen molar-refractivity contribution in [2.45, 2.75) is 26.8 Å². The van der Waals surface area contributed by atoms with Crippen LogP contribution >= 0.6 is 0 Å². The van der Waals surface area contributed by atoms with Gasteiger partial charge < -0.3 is 14.0 Å². The lowest BCUT2D eigenvalue weighted by molar-refractivity contribution is 0.0959. The molecule has 0 spiro atoms. The molecule has 0 aliphatic carbocycles. The van der Waals surface area contributed by atoms with E-state index in [0.717, 1.165) is 55.6 Å². The SMILES string of the molecule is Cc1nn(C)c(C)c1-c1cccc2cc3n(c12)C(C)CN(c1cn(C)c2c(-c4nn[nH]n4)cccc12)C3=O. The molecule has 10 nitrogen and oxygen atoms in total. The number of benzene rings is 2. The van der Waals surface area contributed by atoms with Crippen LogP contribution in [0.15, 0.2) is 48.7 Å². The lowest BCUT2D eigenvalue weighted by Gasteiger charge is -2.33. The van der Waals surface area contributed by atoms with E-state index >= 15 is 0 Å². The normalized spacial score (nSPS) is 15.7. The Morgan fingerprint density at radius 1 is 1.03 bits per heavy atom. The van der Waals surface area contributed by atoms with Gasteiger partial charge in [-0.2, -0.15) is 10.3 Å². The molecule has 1 N–H and O–H groups in total. The van der Waals surface area contributed by atoms with E-state index in [-0.39, 0.29) is 11.9 Å². The molecule has 0 fully saturated rings. The molecular formula is C28H27N9O. The van der Waals surface area contributed by atoms with Gasteiger partial charge in [0.25, 0.3) is 5.91 Å². The van der Waals surface area contributed by atoms with Gasteiger partial charge >= 0.3 is 0 Å². The molecule has 0 radical (unpaired) electrons. The Balaban J connectivity index is 1.40. The zero-order chi connectivity index (χ0) is 26.3. The molecule has 1 unspecified atom stereocenters. The average Bonchev–Trinajstić information content (AvgIpc) is 3.68. The lowest BCUT2D eigenvalue weighted by Crippen LogP contribution is -2.42. The molecule has 0 saturated heterocycles. The molecule has 1 aliphatic heterocycles. The zero-order valence-electron chi connectivity index (χ0n) is 21.9. The third kappa shape index (κ3) is 2.97. The first-order valence-electron chi connectivity index (χ1n) is 12.6. The maximum Gasteiger partial charge on any atom is 0.275 e. The highest BCUT2D eigenvalue weighted by Crippen LogP contribution is 2.41. The minimum atomic E-state index is -0.0117. The summed E-state index contributed by atoms with van der Waals surface area (Å²) < 4.78 is 6.17. The van der Waals surface area contributed by atoms with E-state index in [1.807, 2.05) is 65.6 Å². The van der Waals surface area contributed by atoms with Crippen LogP contribution in [0.1, 0.15) is 34.8 Å². The number of anilines is 1. The number of nitrogens with zero attached hydrogens (tertiary/aromatic N) is 8. The minimum Gasteiger partial charge on any atom is -0.348 e. The van der Waals surface area contributed by atoms with E-state index in [1.54, 1.807) is 0 Å². The van der Waals surface area contributed by atoms with Crippen molar-refractivity contribution in [2.75, 3.05) is 11.4 Å². The first-order valence-corrected chi connectivity index (χ1v) is 12.6. The maximum atomic E-state index is 14.1. The number of tetrazole rings is 1. The van der Waals surface area contributed by atoms with Crippen molar-refractivity contribution in [3.63, 3.8) is 0 Å². The number of carbonyl (C=O) groups excluding carboxylic acids is 1. The Hall–Kier alpha value is -4.73. The summed E-state index contributed by atoms with van der Waals surface area (Å²) in [5.74, 6) is 0.512. The van der Waals surface area contributed by atoms with Crippen LogP contribution in [0.4, 0.5) is 5.69 Å². The first kappa shape index (κ1) is 22.5. The van der Waals surface area contributed by atoms with Crippen molar-refractivity contribution in [3.8, 4) is 22.5 Å². The maximum absolute atomic E-state index is 14.1. The quantitative estimate of drug-likeness (QED) is 0.380. The largest absolute Gasteiger partial charge is 0.348 e. The van der Waals surface area contributed by atoms with Gasteiger partial charge in [0.15, 0.2) is 0 Å². The Labute approximate surface area is 218 Å². The number of fused-ring (bicyclic) bond motifs is 4. The Morgan fingerprint density at radius 3 is 2.55 bits per heavy atom. The standard InChI is InChI=1S/C28H27N9O/c1-15-13-36(23-14-34(4)26-19(23)9-7-11-21(26)27-29-32-33-30-27)28(38)22-12-18-8-6-10-20(25(18)37(15)22)24-16(2)31-35(5)17(24)3/h6-12,14-15H,13H2,1-5H3,(H,29,30,32,33). The number of carbonyl (C=O) groups is 1. The molecule has 4 aromatic heterocycles. The fourth-order valence-corrected chi connectivity index (χ4v) is 6.17. The molecule has 38 heavy (non-hydrogen) atoms. The molecule has 5 heterocycles. The second-order valence-corrected chi connectivity index (χ2v) is 10.1. The van der Waals surface area contributed by atoms with Gasteiger partial charge in [0.2, 0.25) is 5.82 Å². The van der Waals surface area contributed by atoms with Gasteiger partial charge in [0.05, 0.1) is 22.4 Å². The number of aromatic nitrogens is 8. The number of hydrogen-bond donors (Lipinski definition) is 1. The number of aryl methyl sites for hydroxylation is 3. The highest BCUT2D eigenvalue weighted by molar-refractivity contribution is 6.15. The van der Waals surface area contributed by atoms with Gasteiger partial charge in [-0.25, -0.2) is 0 Å². The predicted octanol–water partition coefficient (Wildman–Crippen LogP) is 4.55. The monoisotopic (exact) mass is 505 g/mol. The van der Waals surface area contributed by atoms with Gasteiger partial charge in [0.1, 0.15) is 5.69 Å². The first-order chi connectivity index (χ1) is 18.3. The lowest BCUT2D eigenvalue weighted by atomic mass is 10.0. The van der Waals surface area contributed by atoms with Gasteiger partial charge in [-0.15, -0.1) is 10.2 Å². The second-order valence-electron chi connectivity index (χ2n) is 10.1. The average molecular weight is 506 g/mol. The number of aromatic amines is 1. The molecule has 0 bridgehead atoms. The summed E-state index contributed by atoms with van der Waals surface area (Å²) >= 11 is 0. The van der Waals surface area contributed by atoms with Crippen molar-refractivity contribution < 1.29 is 4.79 Å². The molecular weight excluding hydrogens is 478 g/mol. The van der Waals surface area contributed by atoms with Crippen molar-refractivity contribution >= 4 is 33.4 Å². The third-order valence-corrected chi connectivity index (χ3v) is 7.85. The van der Waals surface area contributed by atoms with E-state index in [1.165, 1.54) is 0 Å². The fraction of sp³-hybridized carbons (Fsp3) is 0.250. The van der Waals surface area contributed by atoms with Gasteiger partial charge in [-0.3, -0.25) is 9.48 Å². The highest BCUT2D eigenvalue weighted by Gasteiger charge is 2.34. The van der Waals surface area contributed by atoms with Gasteiger partial charge in [-0.05, 0) is 38.1 Å². The molecule has 7 rings (SSSR count). The molecule has 2 aromatic carbocycles. The number of H-pyrrole nitrogens is 1. The van der Waals surface area contributed by atoms with Gasteiger partial charge in [-0.1, -0.05) is 30.3 Å². The van der Waals surface area contributed by atoms with Crippen molar-refractivity contribution in [1.29, 1.82) is 0 Å². The summed E-state index contributed by atoms with van der Waals surface area (Å²) in [6.07, 6.45) is 2.02. The van der Waals surface area contributed by atoms with Crippen LogP contribution in [0.25, 0.3) is 44.3 Å². The molecule has 190 valence electrons. The Bertz CT molecular complexity index is 1890. The minimum absolute atomic E-state index is 0.0117. The fourth-order valence-electron chi connectivity index (χ4n) is 6.17. The Morgan fingerprint density at radius 2 is 1.82 bits per heavy atom. The molecule has 1 amide bonds. The number of rotatable bonds is 3. The van der Waals surface area contributed by atoms with E-state index in [2.05, 4.69) is 62.3 Å². The third-order valence-electron chi connectivity index (χ3n) is 7.85. The molecule has 1 atom stereocenters. The number of amides is 1. The summed E-state index contributed by atoms with van der Waals surface area (Å²) in [6.45, 7) is 6.87. The number of hydrogen-bond acceptors (Lipinski definition) is 5. The van der Waals surface area contributed by atoms with E-state index in [4.69, 9.17) is 0 Å². The zero-order valence-corrected chi connectivity index (χ0v) is 21.9. The van der Waals surface area contributed by atoms with Crippen LogP contribution in [0, 0.1) is 13.8 Å². The summed E-state index contributed by atoms with van der Waals surface area (Å²) in [5, 5.41) is 21.3. The van der Waals surface area contributed by atoms with Crippen molar-refractivity contribution in [2.24, 2.45) is 14.1 Å². The summed E-state index contributed by atoms with van der Waals surface area (Å²) in [6, 6.07) is 14.4. The van der Waals surface area contributed by atoms with Crippen molar-refractivity contribution in [3.05, 3.63) is 65.7 Å². The van der Waals surface area contributed by atoms with Crippen LogP contribution in [-0.4, -0.2) is 52.0 Å². The van der Waals surface area contributed by atoms with E-state index in [9.17, 15) is 4.79 Å². The highest BCUT2D eigenvalue weighted by atomic mass is 16.2. The van der Waals surface area contributed by atoms with Crippen molar-refractivity contribution in [1.82, 2.24) is 39.5 Å². The smallest absolute Gasteiger partial charge is 0.275 e. The molecule has 10 heteroatoms. The van der Waals surface area contributed by atoms with Crippen LogP contribution in [0.5, 0.6) is 0 Å². The van der Waals surface area contributed by atoms with Crippen LogP contribution in [0.3, 0.4) is 0 Å². The Kier molecular flexibility index (Phi) is 4.66. The van der Waals surface area contributed by atoms with Crippen LogP contribution in [-0.2, 0) is 14.1 Å². The number of para-hydroxylation sites is 2. The molecule has 1 aliphatic rings. The topological polar surface area (TPSA) is 102 Å². The summed E-state index contributed by atoms with van der Waals surface area (Å²) in [7, 11) is 3.95. The summed E-state index contributed by atoms with van der Waals surface area (Å²) in [4.78, 5) is 16.0. The second kappa shape index (κ2) is 7.88. The van der Waals surface area contributed by atoms with Crippen LogP contribution < -0.4 is 4.90 Å². The molecule has 0 saturated carbocycles. The predicted molar refractivity (Wildman–Crippen MR) is 146 cm³/mol.